The van der Waals surface area contributed by atoms with E-state index in [1.165, 1.54) is 24.5 Å². The van der Waals surface area contributed by atoms with Crippen LogP contribution in [0, 0.1) is 5.82 Å². The number of carboxylic acid groups (broad SMARTS) is 1. The van der Waals surface area contributed by atoms with Crippen molar-refractivity contribution in [1.82, 2.24) is 20.6 Å². The zero-order chi connectivity index (χ0) is 15.9. The van der Waals surface area contributed by atoms with Gasteiger partial charge in [-0.05, 0) is 12.1 Å². The van der Waals surface area contributed by atoms with Crippen LogP contribution in [0.3, 0.4) is 0 Å². The van der Waals surface area contributed by atoms with E-state index in [4.69, 9.17) is 5.11 Å². The van der Waals surface area contributed by atoms with Gasteiger partial charge in [0.15, 0.2) is 0 Å². The summed E-state index contributed by atoms with van der Waals surface area (Å²) in [5.41, 5.74) is 0.159. The van der Waals surface area contributed by atoms with Gasteiger partial charge < -0.3 is 15.7 Å². The third kappa shape index (κ3) is 4.48. The van der Waals surface area contributed by atoms with Crippen molar-refractivity contribution in [3.05, 3.63) is 45.9 Å². The predicted molar refractivity (Wildman–Crippen MR) is 77.2 cm³/mol. The summed E-state index contributed by atoms with van der Waals surface area (Å²) in [7, 11) is 0. The smallest absolute Gasteiger partial charge is 0.404 e. The maximum atomic E-state index is 13.4. The molecular weight excluding hydrogens is 311 g/mol. The number of carbonyl (C=O) groups is 2. The topological polar surface area (TPSA) is 104 Å². The van der Waals surface area contributed by atoms with E-state index in [1.807, 2.05) is 0 Å². The van der Waals surface area contributed by atoms with Crippen LogP contribution in [0.25, 0.3) is 0 Å². The Kier molecular flexibility index (Phi) is 5.37. The first kappa shape index (κ1) is 15.8. The summed E-state index contributed by atoms with van der Waals surface area (Å²) in [5, 5.41) is 13.9. The maximum absolute atomic E-state index is 13.4. The molecule has 0 aliphatic rings. The molecule has 2 amide bonds. The normalized spacial score (nSPS) is 10.2. The Balaban J connectivity index is 1.86. The van der Waals surface area contributed by atoms with Crippen LogP contribution in [0.5, 0.6) is 0 Å². The minimum absolute atomic E-state index is 0.0146. The average molecular weight is 324 g/mol. The number of carbonyl (C=O) groups excluding carboxylic acids is 1. The van der Waals surface area contributed by atoms with Crippen molar-refractivity contribution < 1.29 is 19.1 Å². The molecule has 2 aromatic heterocycles. The van der Waals surface area contributed by atoms with Gasteiger partial charge in [0.05, 0.1) is 23.4 Å². The SMILES string of the molecule is O=C(O)NCCc1ncc(C(=O)NCc2ncccc2F)s1. The Morgan fingerprint density at radius 2 is 2.14 bits per heavy atom. The fourth-order valence-electron chi connectivity index (χ4n) is 1.61. The molecule has 0 spiro atoms. The van der Waals surface area contributed by atoms with Crippen molar-refractivity contribution in [2.75, 3.05) is 6.54 Å². The van der Waals surface area contributed by atoms with Crippen LogP contribution < -0.4 is 10.6 Å². The molecule has 0 saturated carbocycles. The number of nitrogens with zero attached hydrogens (tertiary/aromatic N) is 2. The van der Waals surface area contributed by atoms with E-state index in [2.05, 4.69) is 20.6 Å². The Morgan fingerprint density at radius 1 is 1.32 bits per heavy atom. The molecule has 0 bridgehead atoms. The second-order valence-electron chi connectivity index (χ2n) is 4.21. The molecule has 0 saturated heterocycles. The average Bonchev–Trinajstić information content (AvgIpc) is 2.94. The number of hydrogen-bond acceptors (Lipinski definition) is 5. The van der Waals surface area contributed by atoms with Crippen LogP contribution in [0.4, 0.5) is 9.18 Å². The summed E-state index contributed by atoms with van der Waals surface area (Å²) in [6.07, 6.45) is 2.15. The first-order valence-corrected chi connectivity index (χ1v) is 7.17. The van der Waals surface area contributed by atoms with E-state index in [0.717, 1.165) is 11.3 Å². The third-order valence-corrected chi connectivity index (χ3v) is 3.70. The lowest BCUT2D eigenvalue weighted by Crippen LogP contribution is -2.23. The molecule has 3 N–H and O–H groups in total. The van der Waals surface area contributed by atoms with Gasteiger partial charge in [-0.2, -0.15) is 0 Å². The highest BCUT2D eigenvalue weighted by molar-refractivity contribution is 7.13. The maximum Gasteiger partial charge on any atom is 0.404 e. The van der Waals surface area contributed by atoms with Crippen LogP contribution in [-0.4, -0.2) is 33.6 Å². The summed E-state index contributed by atoms with van der Waals surface area (Å²) in [5.74, 6) is -0.854. The molecule has 7 nitrogen and oxygen atoms in total. The highest BCUT2D eigenvalue weighted by Gasteiger charge is 2.12. The molecule has 0 aliphatic heterocycles. The van der Waals surface area contributed by atoms with Crippen LogP contribution >= 0.6 is 11.3 Å². The van der Waals surface area contributed by atoms with Crippen LogP contribution in [0.1, 0.15) is 20.4 Å². The zero-order valence-electron chi connectivity index (χ0n) is 11.4. The van der Waals surface area contributed by atoms with Gasteiger partial charge in [-0.1, -0.05) is 0 Å². The molecule has 0 radical (unpaired) electrons. The van der Waals surface area contributed by atoms with Gasteiger partial charge >= 0.3 is 6.09 Å². The monoisotopic (exact) mass is 324 g/mol. The van der Waals surface area contributed by atoms with Crippen molar-refractivity contribution in [3.8, 4) is 0 Å². The van der Waals surface area contributed by atoms with Crippen molar-refractivity contribution >= 4 is 23.3 Å². The summed E-state index contributed by atoms with van der Waals surface area (Å²) in [6, 6.07) is 2.75. The van der Waals surface area contributed by atoms with E-state index < -0.39 is 11.9 Å². The molecule has 0 unspecified atom stereocenters. The molecule has 2 rings (SSSR count). The molecule has 2 aromatic rings. The van der Waals surface area contributed by atoms with Crippen LogP contribution in [0.15, 0.2) is 24.5 Å². The summed E-state index contributed by atoms with van der Waals surface area (Å²) >= 11 is 1.16. The predicted octanol–water partition coefficient (Wildman–Crippen LogP) is 1.42. The highest BCUT2D eigenvalue weighted by atomic mass is 32.1. The number of hydrogen-bond donors (Lipinski definition) is 3. The minimum atomic E-state index is -1.10. The Hall–Kier alpha value is -2.55. The quantitative estimate of drug-likeness (QED) is 0.745. The van der Waals surface area contributed by atoms with Crippen molar-refractivity contribution in [2.24, 2.45) is 0 Å². The fourth-order valence-corrected chi connectivity index (χ4v) is 2.44. The van der Waals surface area contributed by atoms with Crippen LogP contribution in [-0.2, 0) is 13.0 Å². The number of thiazole rings is 1. The van der Waals surface area contributed by atoms with E-state index in [0.29, 0.717) is 16.3 Å². The Bertz CT molecular complexity index is 677. The molecule has 116 valence electrons. The molecule has 2 heterocycles. The number of rotatable bonds is 6. The number of amides is 2. The second-order valence-corrected chi connectivity index (χ2v) is 5.33. The largest absolute Gasteiger partial charge is 0.465 e. The lowest BCUT2D eigenvalue weighted by Gasteiger charge is -2.03. The van der Waals surface area contributed by atoms with Gasteiger partial charge in [0.2, 0.25) is 0 Å². The van der Waals surface area contributed by atoms with Crippen LogP contribution in [0.2, 0.25) is 0 Å². The lowest BCUT2D eigenvalue weighted by molar-refractivity contribution is 0.0954. The van der Waals surface area contributed by atoms with E-state index in [1.54, 1.807) is 0 Å². The molecule has 0 atom stereocenters. The number of nitrogens with one attached hydrogen (secondary N) is 2. The second kappa shape index (κ2) is 7.46. The fraction of sp³-hybridized carbons (Fsp3) is 0.231. The first-order chi connectivity index (χ1) is 10.6. The van der Waals surface area contributed by atoms with Crippen molar-refractivity contribution in [2.45, 2.75) is 13.0 Å². The molecule has 9 heteroatoms. The summed E-state index contributed by atoms with van der Waals surface area (Å²) < 4.78 is 13.4. The third-order valence-electron chi connectivity index (χ3n) is 2.64. The zero-order valence-corrected chi connectivity index (χ0v) is 12.2. The van der Waals surface area contributed by atoms with Gasteiger partial charge in [-0.15, -0.1) is 11.3 Å². The van der Waals surface area contributed by atoms with Gasteiger partial charge in [-0.3, -0.25) is 9.78 Å². The number of pyridine rings is 1. The van der Waals surface area contributed by atoms with Crippen molar-refractivity contribution in [3.63, 3.8) is 0 Å². The molecule has 0 aromatic carbocycles. The molecule has 22 heavy (non-hydrogen) atoms. The molecular formula is C13H13FN4O3S. The highest BCUT2D eigenvalue weighted by Crippen LogP contribution is 2.13. The Labute approximate surface area is 129 Å². The number of aromatic nitrogens is 2. The van der Waals surface area contributed by atoms with E-state index in [-0.39, 0.29) is 24.7 Å². The Morgan fingerprint density at radius 3 is 2.86 bits per heavy atom. The molecule has 0 aliphatic carbocycles. The van der Waals surface area contributed by atoms with Gasteiger partial charge in [0.25, 0.3) is 5.91 Å². The van der Waals surface area contributed by atoms with Crippen molar-refractivity contribution in [1.29, 1.82) is 0 Å². The first-order valence-electron chi connectivity index (χ1n) is 6.35. The molecule has 0 fully saturated rings. The van der Waals surface area contributed by atoms with Gasteiger partial charge in [-0.25, -0.2) is 14.2 Å². The minimum Gasteiger partial charge on any atom is -0.465 e. The summed E-state index contributed by atoms with van der Waals surface area (Å²) in [4.78, 5) is 30.5. The van der Waals surface area contributed by atoms with Gasteiger partial charge in [0, 0.05) is 19.2 Å². The standard InChI is InChI=1S/C13H13FN4O3S/c14-8-2-1-4-15-9(8)6-18-12(19)10-7-17-11(22-10)3-5-16-13(20)21/h1-2,4,7,16H,3,5-6H2,(H,18,19)(H,20,21). The number of halogens is 1. The summed E-state index contributed by atoms with van der Waals surface area (Å²) in [6.45, 7) is 0.211. The van der Waals surface area contributed by atoms with E-state index in [9.17, 15) is 14.0 Å². The van der Waals surface area contributed by atoms with Gasteiger partial charge in [0.1, 0.15) is 10.7 Å². The van der Waals surface area contributed by atoms with E-state index >= 15 is 0 Å². The lowest BCUT2D eigenvalue weighted by atomic mass is 10.3.